The first kappa shape index (κ1) is 17.4. The Balaban J connectivity index is 1.64. The number of piperidine rings is 1. The van der Waals surface area contributed by atoms with Crippen LogP contribution in [0.4, 0.5) is 0 Å². The standard InChI is InChI=1S/C22H28N2O2/c1-14-5-4-6-15(9-14)18-13-24-8-7-16-10-21(25-2)22(26-3)11-17(16)20(24)12-19(18)23/h4-6,9-11,18-20H,7-8,12-13,23H2,1-3H3/t18-,19-,20+/m0/s1. The van der Waals surface area contributed by atoms with Crippen molar-refractivity contribution >= 4 is 0 Å². The third kappa shape index (κ3) is 2.97. The minimum absolute atomic E-state index is 0.164. The highest BCUT2D eigenvalue weighted by molar-refractivity contribution is 5.50. The average molecular weight is 352 g/mol. The molecule has 0 saturated carbocycles. The number of benzene rings is 2. The molecule has 26 heavy (non-hydrogen) atoms. The number of methoxy groups -OCH3 is 2. The smallest absolute Gasteiger partial charge is 0.161 e. The largest absolute Gasteiger partial charge is 0.493 e. The summed E-state index contributed by atoms with van der Waals surface area (Å²) in [6, 6.07) is 13.6. The fourth-order valence-electron chi connectivity index (χ4n) is 4.64. The second kappa shape index (κ2) is 6.93. The van der Waals surface area contributed by atoms with Gasteiger partial charge in [-0.05, 0) is 48.6 Å². The van der Waals surface area contributed by atoms with Crippen molar-refractivity contribution in [3.05, 3.63) is 58.7 Å². The molecule has 2 aliphatic rings. The summed E-state index contributed by atoms with van der Waals surface area (Å²) >= 11 is 0. The van der Waals surface area contributed by atoms with Crippen molar-refractivity contribution in [2.75, 3.05) is 27.3 Å². The Hall–Kier alpha value is -2.04. The maximum atomic E-state index is 6.67. The fraction of sp³-hybridized carbons (Fsp3) is 0.455. The number of ether oxygens (including phenoxy) is 2. The zero-order valence-electron chi connectivity index (χ0n) is 15.9. The van der Waals surface area contributed by atoms with Crippen LogP contribution in [0.3, 0.4) is 0 Å². The Morgan fingerprint density at radius 3 is 2.58 bits per heavy atom. The van der Waals surface area contributed by atoms with Gasteiger partial charge in [0.2, 0.25) is 0 Å². The van der Waals surface area contributed by atoms with E-state index in [0.717, 1.165) is 37.4 Å². The van der Waals surface area contributed by atoms with Crippen molar-refractivity contribution in [3.63, 3.8) is 0 Å². The van der Waals surface area contributed by atoms with Crippen LogP contribution in [0.1, 0.15) is 40.6 Å². The SMILES string of the molecule is COc1cc2c(cc1OC)[C@H]1C[C@H](N)[C@H](c3cccc(C)c3)CN1CC2. The van der Waals surface area contributed by atoms with Crippen LogP contribution < -0.4 is 15.2 Å². The molecule has 3 atom stereocenters. The molecule has 4 rings (SSSR count). The second-order valence-electron chi connectivity index (χ2n) is 7.59. The van der Waals surface area contributed by atoms with Crippen molar-refractivity contribution in [1.82, 2.24) is 4.90 Å². The van der Waals surface area contributed by atoms with E-state index < -0.39 is 0 Å². The third-order valence-corrected chi connectivity index (χ3v) is 6.03. The Kier molecular flexibility index (Phi) is 4.63. The van der Waals surface area contributed by atoms with Gasteiger partial charge in [-0.25, -0.2) is 0 Å². The van der Waals surface area contributed by atoms with Gasteiger partial charge in [-0.1, -0.05) is 29.8 Å². The van der Waals surface area contributed by atoms with Crippen molar-refractivity contribution in [2.45, 2.75) is 37.8 Å². The van der Waals surface area contributed by atoms with Gasteiger partial charge in [0.1, 0.15) is 0 Å². The minimum atomic E-state index is 0.164. The molecule has 0 radical (unpaired) electrons. The summed E-state index contributed by atoms with van der Waals surface area (Å²) in [5.74, 6) is 2.02. The predicted molar refractivity (Wildman–Crippen MR) is 104 cm³/mol. The molecule has 1 saturated heterocycles. The van der Waals surface area contributed by atoms with E-state index in [1.165, 1.54) is 22.3 Å². The van der Waals surface area contributed by atoms with Gasteiger partial charge in [0.05, 0.1) is 14.2 Å². The molecule has 4 heteroatoms. The molecule has 2 aromatic rings. The Bertz CT molecular complexity index is 805. The number of fused-ring (bicyclic) bond motifs is 3. The van der Waals surface area contributed by atoms with Crippen LogP contribution in [0, 0.1) is 6.92 Å². The highest BCUT2D eigenvalue weighted by Crippen LogP contribution is 2.44. The topological polar surface area (TPSA) is 47.7 Å². The van der Waals surface area contributed by atoms with Gasteiger partial charge in [-0.15, -0.1) is 0 Å². The van der Waals surface area contributed by atoms with Gasteiger partial charge in [-0.2, -0.15) is 0 Å². The molecule has 0 amide bonds. The molecule has 0 unspecified atom stereocenters. The van der Waals surface area contributed by atoms with Gasteiger partial charge in [0.25, 0.3) is 0 Å². The monoisotopic (exact) mass is 352 g/mol. The molecular formula is C22H28N2O2. The molecule has 0 bridgehead atoms. The third-order valence-electron chi connectivity index (χ3n) is 6.03. The molecule has 2 aliphatic heterocycles. The highest BCUT2D eigenvalue weighted by Gasteiger charge is 2.38. The van der Waals surface area contributed by atoms with Gasteiger partial charge in [0, 0.05) is 31.1 Å². The van der Waals surface area contributed by atoms with E-state index in [0.29, 0.717) is 12.0 Å². The number of nitrogens with two attached hydrogens (primary N) is 1. The van der Waals surface area contributed by atoms with E-state index in [9.17, 15) is 0 Å². The quantitative estimate of drug-likeness (QED) is 0.919. The summed E-state index contributed by atoms with van der Waals surface area (Å²) in [6.45, 7) is 4.24. The molecule has 2 aromatic carbocycles. The zero-order valence-corrected chi connectivity index (χ0v) is 15.9. The second-order valence-corrected chi connectivity index (χ2v) is 7.59. The zero-order chi connectivity index (χ0) is 18.3. The number of hydrogen-bond acceptors (Lipinski definition) is 4. The maximum Gasteiger partial charge on any atom is 0.161 e. The van der Waals surface area contributed by atoms with E-state index in [-0.39, 0.29) is 6.04 Å². The van der Waals surface area contributed by atoms with Crippen LogP contribution in [-0.4, -0.2) is 38.3 Å². The number of rotatable bonds is 3. The summed E-state index contributed by atoms with van der Waals surface area (Å²) in [5, 5.41) is 0. The number of hydrogen-bond donors (Lipinski definition) is 1. The molecule has 4 nitrogen and oxygen atoms in total. The first-order chi connectivity index (χ1) is 12.6. The molecule has 2 N–H and O–H groups in total. The Morgan fingerprint density at radius 2 is 1.85 bits per heavy atom. The number of nitrogens with zero attached hydrogens (tertiary/aromatic N) is 1. The summed E-state index contributed by atoms with van der Waals surface area (Å²) in [6.07, 6.45) is 2.02. The maximum absolute atomic E-state index is 6.67. The van der Waals surface area contributed by atoms with Crippen LogP contribution in [0.2, 0.25) is 0 Å². The van der Waals surface area contributed by atoms with Crippen LogP contribution in [-0.2, 0) is 6.42 Å². The number of aryl methyl sites for hydroxylation is 1. The molecular weight excluding hydrogens is 324 g/mol. The van der Waals surface area contributed by atoms with Crippen molar-refractivity contribution in [3.8, 4) is 11.5 Å². The normalized spacial score (nSPS) is 25.3. The molecule has 0 aliphatic carbocycles. The molecule has 0 aromatic heterocycles. The van der Waals surface area contributed by atoms with Crippen molar-refractivity contribution in [2.24, 2.45) is 5.73 Å². The van der Waals surface area contributed by atoms with E-state index in [1.807, 2.05) is 0 Å². The van der Waals surface area contributed by atoms with E-state index >= 15 is 0 Å². The predicted octanol–water partition coefficient (Wildman–Crippen LogP) is 3.43. The van der Waals surface area contributed by atoms with Crippen molar-refractivity contribution < 1.29 is 9.47 Å². The van der Waals surface area contributed by atoms with E-state index in [1.54, 1.807) is 14.2 Å². The first-order valence-corrected chi connectivity index (χ1v) is 9.41. The summed E-state index contributed by atoms with van der Waals surface area (Å²) in [5.41, 5.74) is 12.1. The van der Waals surface area contributed by atoms with E-state index in [2.05, 4.69) is 48.2 Å². The summed E-state index contributed by atoms with van der Waals surface area (Å²) < 4.78 is 11.0. The minimum Gasteiger partial charge on any atom is -0.493 e. The lowest BCUT2D eigenvalue weighted by molar-refractivity contribution is 0.109. The Morgan fingerprint density at radius 1 is 1.08 bits per heavy atom. The van der Waals surface area contributed by atoms with Crippen LogP contribution >= 0.6 is 0 Å². The highest BCUT2D eigenvalue weighted by atomic mass is 16.5. The van der Waals surface area contributed by atoms with Crippen molar-refractivity contribution in [1.29, 1.82) is 0 Å². The fourth-order valence-corrected chi connectivity index (χ4v) is 4.64. The van der Waals surface area contributed by atoms with Crippen LogP contribution in [0.25, 0.3) is 0 Å². The van der Waals surface area contributed by atoms with Gasteiger partial charge in [-0.3, -0.25) is 4.90 Å². The van der Waals surface area contributed by atoms with E-state index in [4.69, 9.17) is 15.2 Å². The molecule has 2 heterocycles. The molecule has 0 spiro atoms. The van der Waals surface area contributed by atoms with Gasteiger partial charge in [0.15, 0.2) is 11.5 Å². The van der Waals surface area contributed by atoms with Gasteiger partial charge >= 0.3 is 0 Å². The van der Waals surface area contributed by atoms with Gasteiger partial charge < -0.3 is 15.2 Å². The lowest BCUT2D eigenvalue weighted by Crippen LogP contribution is -2.49. The molecule has 138 valence electrons. The Labute approximate surface area is 155 Å². The lowest BCUT2D eigenvalue weighted by Gasteiger charge is -2.46. The van der Waals surface area contributed by atoms with Crippen LogP contribution in [0.5, 0.6) is 11.5 Å². The summed E-state index contributed by atoms with van der Waals surface area (Å²) in [7, 11) is 3.40. The van der Waals surface area contributed by atoms with Crippen LogP contribution in [0.15, 0.2) is 36.4 Å². The first-order valence-electron chi connectivity index (χ1n) is 9.41. The summed E-state index contributed by atoms with van der Waals surface area (Å²) in [4.78, 5) is 2.60. The average Bonchev–Trinajstić information content (AvgIpc) is 2.66. The molecule has 1 fully saturated rings. The lowest BCUT2D eigenvalue weighted by atomic mass is 9.78.